The monoisotopic (exact) mass is 415 g/mol. The number of carbonyl (C=O) groups excluding carboxylic acids is 1. The molecule has 1 aliphatic rings. The summed E-state index contributed by atoms with van der Waals surface area (Å²) in [5, 5.41) is 3.44. The predicted molar refractivity (Wildman–Crippen MR) is 123 cm³/mol. The number of benzene rings is 2. The van der Waals surface area contributed by atoms with Crippen LogP contribution in [-0.4, -0.2) is 46.9 Å². The third-order valence-corrected chi connectivity index (χ3v) is 6.94. The Hall–Kier alpha value is -2.89. The second-order valence-corrected chi connectivity index (χ2v) is 8.80. The minimum Gasteiger partial charge on any atom is -0.358 e. The maximum atomic E-state index is 12.9. The van der Waals surface area contributed by atoms with E-state index in [1.807, 2.05) is 46.6 Å². The molecule has 2 aromatic carbocycles. The van der Waals surface area contributed by atoms with Crippen LogP contribution in [0.5, 0.6) is 0 Å². The van der Waals surface area contributed by atoms with Crippen molar-refractivity contribution >= 4 is 28.1 Å². The lowest BCUT2D eigenvalue weighted by molar-refractivity contribution is 0.0600. The summed E-state index contributed by atoms with van der Waals surface area (Å²) in [6.07, 6.45) is 0. The summed E-state index contributed by atoms with van der Waals surface area (Å²) in [5.74, 6) is 0.131. The van der Waals surface area contributed by atoms with Crippen molar-refractivity contribution in [2.75, 3.05) is 26.2 Å². The largest absolute Gasteiger partial charge is 0.358 e. The van der Waals surface area contributed by atoms with Crippen molar-refractivity contribution in [1.29, 1.82) is 0 Å². The van der Waals surface area contributed by atoms with Gasteiger partial charge in [0.1, 0.15) is 0 Å². The number of amides is 1. The number of aryl methyl sites for hydroxylation is 1. The number of aromatic nitrogens is 1. The Morgan fingerprint density at radius 2 is 1.67 bits per heavy atom. The van der Waals surface area contributed by atoms with Crippen LogP contribution >= 0.6 is 11.3 Å². The van der Waals surface area contributed by atoms with Crippen LogP contribution in [0.3, 0.4) is 0 Å². The van der Waals surface area contributed by atoms with Crippen molar-refractivity contribution in [3.05, 3.63) is 93.8 Å². The normalized spacial score (nSPS) is 16.1. The number of piperazine rings is 1. The minimum absolute atomic E-state index is 0.131. The second-order valence-electron chi connectivity index (χ2n) is 7.82. The molecule has 5 rings (SSSR count). The number of fused-ring (bicyclic) bond motifs is 1. The smallest absolute Gasteiger partial charge is 0.253 e. The zero-order chi connectivity index (χ0) is 20.5. The van der Waals surface area contributed by atoms with Crippen molar-refractivity contribution in [2.24, 2.45) is 0 Å². The molecule has 0 bridgehead atoms. The second kappa shape index (κ2) is 8.09. The highest BCUT2D eigenvalue weighted by molar-refractivity contribution is 7.10. The summed E-state index contributed by atoms with van der Waals surface area (Å²) in [6, 6.07) is 22.7. The lowest BCUT2D eigenvalue weighted by Crippen LogP contribution is -2.49. The van der Waals surface area contributed by atoms with E-state index in [9.17, 15) is 4.79 Å². The van der Waals surface area contributed by atoms with Crippen LogP contribution in [0.25, 0.3) is 10.9 Å². The lowest BCUT2D eigenvalue weighted by Gasteiger charge is -2.39. The molecule has 0 spiro atoms. The highest BCUT2D eigenvalue weighted by atomic mass is 32.1. The molecule has 4 nitrogen and oxygen atoms in total. The average molecular weight is 416 g/mol. The van der Waals surface area contributed by atoms with Crippen LogP contribution in [0.15, 0.2) is 72.1 Å². The molecule has 5 heteroatoms. The van der Waals surface area contributed by atoms with Gasteiger partial charge in [0.25, 0.3) is 5.91 Å². The molecule has 1 unspecified atom stereocenters. The number of aromatic amines is 1. The Bertz CT molecular complexity index is 1140. The van der Waals surface area contributed by atoms with Gasteiger partial charge >= 0.3 is 0 Å². The third-order valence-electron chi connectivity index (χ3n) is 6.02. The molecule has 30 heavy (non-hydrogen) atoms. The molecule has 2 aromatic heterocycles. The molecule has 0 saturated carbocycles. The topological polar surface area (TPSA) is 39.3 Å². The van der Waals surface area contributed by atoms with Crippen molar-refractivity contribution in [1.82, 2.24) is 14.8 Å². The number of hydrogen-bond acceptors (Lipinski definition) is 3. The van der Waals surface area contributed by atoms with Crippen molar-refractivity contribution in [3.8, 4) is 0 Å². The average Bonchev–Trinajstić information content (AvgIpc) is 3.43. The molecule has 1 atom stereocenters. The zero-order valence-electron chi connectivity index (χ0n) is 17.0. The quantitative estimate of drug-likeness (QED) is 0.505. The van der Waals surface area contributed by atoms with Gasteiger partial charge in [0.15, 0.2) is 0 Å². The molecule has 4 aromatic rings. The standard InChI is InChI=1S/C25H25N3OS/c1-18-23(20-10-5-6-11-21(20)26-18)24(22-12-7-17-30-22)27-13-15-28(16-14-27)25(29)19-8-3-2-4-9-19/h2-12,17,24,26H,13-16H2,1H3. The molecule has 1 amide bonds. The van der Waals surface area contributed by atoms with E-state index in [0.717, 1.165) is 31.7 Å². The van der Waals surface area contributed by atoms with E-state index in [-0.39, 0.29) is 11.9 Å². The predicted octanol–water partition coefficient (Wildman–Crippen LogP) is 5.09. The van der Waals surface area contributed by atoms with Gasteiger partial charge in [-0.2, -0.15) is 0 Å². The van der Waals surface area contributed by atoms with Gasteiger partial charge in [0.2, 0.25) is 0 Å². The molecule has 3 heterocycles. The Kier molecular flexibility index (Phi) is 5.15. The first-order valence-corrected chi connectivity index (χ1v) is 11.3. The van der Waals surface area contributed by atoms with E-state index in [0.29, 0.717) is 0 Å². The van der Waals surface area contributed by atoms with Crippen LogP contribution in [-0.2, 0) is 0 Å². The third kappa shape index (κ3) is 3.44. The van der Waals surface area contributed by atoms with E-state index in [1.165, 1.54) is 27.0 Å². The first-order chi connectivity index (χ1) is 14.7. The molecule has 1 N–H and O–H groups in total. The number of para-hydroxylation sites is 1. The Balaban J connectivity index is 1.43. The van der Waals surface area contributed by atoms with Crippen LogP contribution in [0.4, 0.5) is 0 Å². The first kappa shape index (κ1) is 19.1. The fourth-order valence-electron chi connectivity index (χ4n) is 4.55. The summed E-state index contributed by atoms with van der Waals surface area (Å²) in [4.78, 5) is 22.3. The SMILES string of the molecule is Cc1[nH]c2ccccc2c1C(c1cccs1)N1CCN(C(=O)c2ccccc2)CC1. The van der Waals surface area contributed by atoms with E-state index in [2.05, 4.69) is 58.6 Å². The molecular weight excluding hydrogens is 390 g/mol. The number of nitrogens with one attached hydrogen (secondary N) is 1. The highest BCUT2D eigenvalue weighted by Crippen LogP contribution is 2.38. The summed E-state index contributed by atoms with van der Waals surface area (Å²) in [5.41, 5.74) is 4.53. The summed E-state index contributed by atoms with van der Waals surface area (Å²) in [6.45, 7) is 5.39. The number of carbonyl (C=O) groups is 1. The van der Waals surface area contributed by atoms with E-state index in [1.54, 1.807) is 0 Å². The van der Waals surface area contributed by atoms with Gasteiger partial charge < -0.3 is 9.88 Å². The first-order valence-electron chi connectivity index (χ1n) is 10.4. The van der Waals surface area contributed by atoms with Crippen LogP contribution in [0.1, 0.15) is 32.5 Å². The Morgan fingerprint density at radius 1 is 0.933 bits per heavy atom. The van der Waals surface area contributed by atoms with Gasteiger partial charge in [-0.1, -0.05) is 42.5 Å². The van der Waals surface area contributed by atoms with Gasteiger partial charge in [-0.25, -0.2) is 0 Å². The van der Waals surface area contributed by atoms with Crippen LogP contribution in [0, 0.1) is 6.92 Å². The fraction of sp³-hybridized carbons (Fsp3) is 0.240. The number of rotatable bonds is 4. The van der Waals surface area contributed by atoms with E-state index < -0.39 is 0 Å². The van der Waals surface area contributed by atoms with Crippen molar-refractivity contribution in [3.63, 3.8) is 0 Å². The number of thiophene rings is 1. The lowest BCUT2D eigenvalue weighted by atomic mass is 9.99. The minimum atomic E-state index is 0.131. The maximum Gasteiger partial charge on any atom is 0.253 e. The Labute approximate surface area is 180 Å². The van der Waals surface area contributed by atoms with Gasteiger partial charge in [-0.15, -0.1) is 11.3 Å². The van der Waals surface area contributed by atoms with Gasteiger partial charge in [0.05, 0.1) is 6.04 Å². The molecule has 1 aliphatic heterocycles. The number of nitrogens with zero attached hydrogens (tertiary/aromatic N) is 2. The summed E-state index contributed by atoms with van der Waals surface area (Å²) >= 11 is 1.81. The van der Waals surface area contributed by atoms with Crippen molar-refractivity contribution in [2.45, 2.75) is 13.0 Å². The summed E-state index contributed by atoms with van der Waals surface area (Å²) in [7, 11) is 0. The van der Waals surface area contributed by atoms with Gasteiger partial charge in [0, 0.05) is 58.8 Å². The van der Waals surface area contributed by atoms with Crippen LogP contribution < -0.4 is 0 Å². The molecule has 0 aliphatic carbocycles. The van der Waals surface area contributed by atoms with Gasteiger partial charge in [-0.3, -0.25) is 9.69 Å². The van der Waals surface area contributed by atoms with Crippen LogP contribution in [0.2, 0.25) is 0 Å². The fourth-order valence-corrected chi connectivity index (χ4v) is 5.42. The van der Waals surface area contributed by atoms with Gasteiger partial charge in [-0.05, 0) is 36.6 Å². The van der Waals surface area contributed by atoms with E-state index >= 15 is 0 Å². The maximum absolute atomic E-state index is 12.9. The van der Waals surface area contributed by atoms with E-state index in [4.69, 9.17) is 0 Å². The highest BCUT2D eigenvalue weighted by Gasteiger charge is 2.31. The number of H-pyrrole nitrogens is 1. The number of hydrogen-bond donors (Lipinski definition) is 1. The molecule has 152 valence electrons. The molecule has 1 saturated heterocycles. The molecule has 1 fully saturated rings. The molecule has 0 radical (unpaired) electrons. The Morgan fingerprint density at radius 3 is 2.40 bits per heavy atom. The molecular formula is C25H25N3OS. The van der Waals surface area contributed by atoms with Crippen molar-refractivity contribution < 1.29 is 4.79 Å². The zero-order valence-corrected chi connectivity index (χ0v) is 17.9. The summed E-state index contributed by atoms with van der Waals surface area (Å²) < 4.78 is 0.